The van der Waals surface area contributed by atoms with Crippen molar-refractivity contribution in [3.8, 4) is 11.5 Å². The van der Waals surface area contributed by atoms with E-state index in [4.69, 9.17) is 9.47 Å². The Morgan fingerprint density at radius 2 is 1.96 bits per heavy atom. The van der Waals surface area contributed by atoms with E-state index in [1.165, 1.54) is 6.07 Å². The van der Waals surface area contributed by atoms with Gasteiger partial charge in [-0.05, 0) is 31.0 Å². The lowest BCUT2D eigenvalue weighted by molar-refractivity contribution is -0.117. The molecule has 0 spiro atoms. The Balaban J connectivity index is 1.66. The quantitative estimate of drug-likeness (QED) is 0.785. The lowest BCUT2D eigenvalue weighted by Crippen LogP contribution is -2.34. The molecule has 0 saturated heterocycles. The third-order valence-electron chi connectivity index (χ3n) is 4.42. The van der Waals surface area contributed by atoms with Crippen LogP contribution in [0.2, 0.25) is 0 Å². The van der Waals surface area contributed by atoms with E-state index in [2.05, 4.69) is 5.32 Å². The van der Waals surface area contributed by atoms with E-state index in [-0.39, 0.29) is 18.3 Å². The molecule has 1 aliphatic carbocycles. The highest BCUT2D eigenvalue weighted by atomic mass is 19.1. The largest absolute Gasteiger partial charge is 0.497 e. The first-order valence-corrected chi connectivity index (χ1v) is 8.60. The Kier molecular flexibility index (Phi) is 5.73. The Morgan fingerprint density at radius 3 is 2.62 bits per heavy atom. The van der Waals surface area contributed by atoms with Crippen molar-refractivity contribution in [2.45, 2.75) is 25.4 Å². The van der Waals surface area contributed by atoms with Crippen molar-refractivity contribution in [1.29, 1.82) is 0 Å². The van der Waals surface area contributed by atoms with Crippen LogP contribution in [-0.4, -0.2) is 37.6 Å². The molecule has 2 aromatic carbocycles. The molecule has 1 fully saturated rings. The van der Waals surface area contributed by atoms with Gasteiger partial charge in [0.1, 0.15) is 17.3 Å². The summed E-state index contributed by atoms with van der Waals surface area (Å²) in [5, 5.41) is 2.87. The minimum atomic E-state index is -0.240. The van der Waals surface area contributed by atoms with Crippen molar-refractivity contribution < 1.29 is 18.7 Å². The highest BCUT2D eigenvalue weighted by Gasteiger charge is 2.31. The minimum absolute atomic E-state index is 0.156. The van der Waals surface area contributed by atoms with Gasteiger partial charge in [0, 0.05) is 24.2 Å². The molecule has 0 aliphatic heterocycles. The summed E-state index contributed by atoms with van der Waals surface area (Å²) in [5.41, 5.74) is 1.19. The van der Waals surface area contributed by atoms with Gasteiger partial charge in [-0.15, -0.1) is 0 Å². The number of carbonyl (C=O) groups excluding carboxylic acids is 1. The van der Waals surface area contributed by atoms with Gasteiger partial charge < -0.3 is 14.8 Å². The molecule has 1 amide bonds. The maximum Gasteiger partial charge on any atom is 0.238 e. The topological polar surface area (TPSA) is 50.8 Å². The van der Waals surface area contributed by atoms with Crippen LogP contribution in [-0.2, 0) is 11.3 Å². The van der Waals surface area contributed by atoms with E-state index < -0.39 is 0 Å². The zero-order chi connectivity index (χ0) is 18.5. The first-order valence-electron chi connectivity index (χ1n) is 8.60. The Labute approximate surface area is 152 Å². The molecule has 0 bridgehead atoms. The second-order valence-corrected chi connectivity index (χ2v) is 6.34. The van der Waals surface area contributed by atoms with E-state index >= 15 is 0 Å². The van der Waals surface area contributed by atoms with Gasteiger partial charge in [0.25, 0.3) is 0 Å². The van der Waals surface area contributed by atoms with Gasteiger partial charge in [-0.3, -0.25) is 9.69 Å². The molecule has 1 aliphatic rings. The predicted octanol–water partition coefficient (Wildman–Crippen LogP) is 3.45. The SMILES string of the molecule is COc1ccc(NC(=O)CN(Cc2ccccc2F)C2CC2)c(OC)c1. The summed E-state index contributed by atoms with van der Waals surface area (Å²) in [6.45, 7) is 0.624. The Hall–Kier alpha value is -2.60. The van der Waals surface area contributed by atoms with E-state index in [0.717, 1.165) is 12.8 Å². The van der Waals surface area contributed by atoms with Crippen LogP contribution >= 0.6 is 0 Å². The number of hydrogen-bond donors (Lipinski definition) is 1. The molecule has 3 rings (SSSR count). The Morgan fingerprint density at radius 1 is 1.19 bits per heavy atom. The number of anilines is 1. The number of ether oxygens (including phenoxy) is 2. The summed E-state index contributed by atoms with van der Waals surface area (Å²) in [6.07, 6.45) is 2.07. The van der Waals surface area contributed by atoms with Gasteiger partial charge in [0.05, 0.1) is 26.5 Å². The lowest BCUT2D eigenvalue weighted by Gasteiger charge is -2.22. The molecule has 0 atom stereocenters. The van der Waals surface area contributed by atoms with Crippen LogP contribution in [0.15, 0.2) is 42.5 Å². The number of amides is 1. The molecule has 5 nitrogen and oxygen atoms in total. The van der Waals surface area contributed by atoms with Crippen molar-refractivity contribution >= 4 is 11.6 Å². The van der Waals surface area contributed by atoms with Crippen LogP contribution in [0.1, 0.15) is 18.4 Å². The summed E-state index contributed by atoms with van der Waals surface area (Å²) < 4.78 is 24.4. The van der Waals surface area contributed by atoms with E-state index in [1.807, 2.05) is 11.0 Å². The Bertz CT molecular complexity index is 777. The highest BCUT2D eigenvalue weighted by molar-refractivity contribution is 5.93. The molecule has 138 valence electrons. The average molecular weight is 358 g/mol. The lowest BCUT2D eigenvalue weighted by atomic mass is 10.2. The number of rotatable bonds is 8. The number of halogens is 1. The number of hydrogen-bond acceptors (Lipinski definition) is 4. The van der Waals surface area contributed by atoms with Crippen molar-refractivity contribution in [3.05, 3.63) is 53.8 Å². The first-order chi connectivity index (χ1) is 12.6. The monoisotopic (exact) mass is 358 g/mol. The van der Waals surface area contributed by atoms with Crippen molar-refractivity contribution in [1.82, 2.24) is 4.90 Å². The second kappa shape index (κ2) is 8.19. The van der Waals surface area contributed by atoms with Gasteiger partial charge >= 0.3 is 0 Å². The fourth-order valence-corrected chi connectivity index (χ4v) is 2.88. The molecule has 0 heterocycles. The minimum Gasteiger partial charge on any atom is -0.497 e. The smallest absolute Gasteiger partial charge is 0.238 e. The molecule has 0 aromatic heterocycles. The second-order valence-electron chi connectivity index (χ2n) is 6.34. The molecule has 0 unspecified atom stereocenters. The van der Waals surface area contributed by atoms with Crippen LogP contribution in [0.25, 0.3) is 0 Å². The van der Waals surface area contributed by atoms with Crippen LogP contribution < -0.4 is 14.8 Å². The van der Waals surface area contributed by atoms with E-state index in [9.17, 15) is 9.18 Å². The molecular weight excluding hydrogens is 335 g/mol. The predicted molar refractivity (Wildman–Crippen MR) is 98.0 cm³/mol. The fraction of sp³-hybridized carbons (Fsp3) is 0.350. The van der Waals surface area contributed by atoms with Gasteiger partial charge in [-0.2, -0.15) is 0 Å². The zero-order valence-corrected chi connectivity index (χ0v) is 15.0. The number of nitrogens with one attached hydrogen (secondary N) is 1. The standard InChI is InChI=1S/C20H23FN2O3/c1-25-16-9-10-18(19(11-16)26-2)22-20(24)13-23(15-7-8-15)12-14-5-3-4-6-17(14)21/h3-6,9-11,15H,7-8,12-13H2,1-2H3,(H,22,24). The van der Waals surface area contributed by atoms with E-state index in [0.29, 0.717) is 35.3 Å². The molecule has 0 radical (unpaired) electrons. The number of benzene rings is 2. The van der Waals surface area contributed by atoms with Gasteiger partial charge in [-0.1, -0.05) is 18.2 Å². The van der Waals surface area contributed by atoms with Crippen molar-refractivity contribution in [2.75, 3.05) is 26.1 Å². The fourth-order valence-electron chi connectivity index (χ4n) is 2.88. The molecule has 2 aromatic rings. The number of carbonyl (C=O) groups is 1. The molecular formula is C20H23FN2O3. The average Bonchev–Trinajstić information content (AvgIpc) is 3.48. The number of methoxy groups -OCH3 is 2. The van der Waals surface area contributed by atoms with Gasteiger partial charge in [0.2, 0.25) is 5.91 Å². The van der Waals surface area contributed by atoms with Gasteiger partial charge in [0.15, 0.2) is 0 Å². The summed E-state index contributed by atoms with van der Waals surface area (Å²) >= 11 is 0. The summed E-state index contributed by atoms with van der Waals surface area (Å²) in [6, 6.07) is 12.2. The third kappa shape index (κ3) is 4.52. The van der Waals surface area contributed by atoms with Crippen LogP contribution in [0.5, 0.6) is 11.5 Å². The van der Waals surface area contributed by atoms with Crippen LogP contribution in [0.4, 0.5) is 10.1 Å². The van der Waals surface area contributed by atoms with Gasteiger partial charge in [-0.25, -0.2) is 4.39 Å². The number of nitrogens with zero attached hydrogens (tertiary/aromatic N) is 1. The maximum absolute atomic E-state index is 13.9. The highest BCUT2D eigenvalue weighted by Crippen LogP contribution is 2.30. The maximum atomic E-state index is 13.9. The molecule has 1 N–H and O–H groups in total. The van der Waals surface area contributed by atoms with Crippen LogP contribution in [0.3, 0.4) is 0 Å². The molecule has 1 saturated carbocycles. The first kappa shape index (κ1) is 18.2. The summed E-state index contributed by atoms with van der Waals surface area (Å²) in [7, 11) is 3.11. The zero-order valence-electron chi connectivity index (χ0n) is 15.0. The van der Waals surface area contributed by atoms with E-state index in [1.54, 1.807) is 44.6 Å². The van der Waals surface area contributed by atoms with Crippen molar-refractivity contribution in [2.24, 2.45) is 0 Å². The third-order valence-corrected chi connectivity index (χ3v) is 4.42. The summed E-state index contributed by atoms with van der Waals surface area (Å²) in [5.74, 6) is 0.788. The van der Waals surface area contributed by atoms with Crippen molar-refractivity contribution in [3.63, 3.8) is 0 Å². The molecule has 6 heteroatoms. The van der Waals surface area contributed by atoms with Crippen LogP contribution in [0, 0.1) is 5.82 Å². The molecule has 26 heavy (non-hydrogen) atoms. The normalized spacial score (nSPS) is 13.5. The summed E-state index contributed by atoms with van der Waals surface area (Å²) in [4.78, 5) is 14.5.